The van der Waals surface area contributed by atoms with Gasteiger partial charge in [0.25, 0.3) is 0 Å². The molecule has 2 unspecified atom stereocenters. The Hall–Kier alpha value is -1.91. The molecule has 2 atom stereocenters. The van der Waals surface area contributed by atoms with Crippen LogP contribution in [0.2, 0.25) is 0 Å². The highest BCUT2D eigenvalue weighted by atomic mass is 16.4. The number of nitrogens with zero attached hydrogens (tertiary/aromatic N) is 1. The molecule has 0 spiro atoms. The Morgan fingerprint density at radius 2 is 2.00 bits per heavy atom. The molecule has 21 heavy (non-hydrogen) atoms. The highest BCUT2D eigenvalue weighted by molar-refractivity contribution is 5.85. The lowest BCUT2D eigenvalue weighted by molar-refractivity contribution is 0.244. The summed E-state index contributed by atoms with van der Waals surface area (Å²) in [5.41, 5.74) is 9.27. The van der Waals surface area contributed by atoms with Crippen molar-refractivity contribution in [1.82, 2.24) is 4.98 Å². The topological polar surface area (TPSA) is 75.3 Å². The van der Waals surface area contributed by atoms with Crippen molar-refractivity contribution in [2.24, 2.45) is 5.92 Å². The van der Waals surface area contributed by atoms with E-state index < -0.39 is 5.76 Å². The lowest BCUT2D eigenvalue weighted by Gasteiger charge is -2.45. The summed E-state index contributed by atoms with van der Waals surface area (Å²) in [7, 11) is 0. The van der Waals surface area contributed by atoms with Crippen molar-refractivity contribution >= 4 is 22.5 Å². The number of H-pyrrole nitrogens is 1. The average Bonchev–Trinajstić information content (AvgIpc) is 2.85. The van der Waals surface area contributed by atoms with E-state index in [2.05, 4.69) is 9.88 Å². The van der Waals surface area contributed by atoms with Crippen molar-refractivity contribution in [2.75, 3.05) is 17.2 Å². The molecule has 1 saturated heterocycles. The van der Waals surface area contributed by atoms with Crippen LogP contribution in [0.1, 0.15) is 38.5 Å². The summed E-state index contributed by atoms with van der Waals surface area (Å²) in [6, 6.07) is 4.35. The molecule has 1 aromatic heterocycles. The Morgan fingerprint density at radius 3 is 2.90 bits per heavy atom. The maximum atomic E-state index is 11.3. The van der Waals surface area contributed by atoms with E-state index in [4.69, 9.17) is 10.2 Å². The van der Waals surface area contributed by atoms with Gasteiger partial charge in [-0.25, -0.2) is 4.79 Å². The van der Waals surface area contributed by atoms with Gasteiger partial charge in [0.1, 0.15) is 0 Å². The van der Waals surface area contributed by atoms with E-state index >= 15 is 0 Å². The normalized spacial score (nSPS) is 26.0. The summed E-state index contributed by atoms with van der Waals surface area (Å²) >= 11 is 0. The number of oxazole rings is 1. The molecule has 2 aliphatic rings. The van der Waals surface area contributed by atoms with Gasteiger partial charge in [-0.05, 0) is 37.7 Å². The van der Waals surface area contributed by atoms with E-state index in [-0.39, 0.29) is 0 Å². The molecular formula is C16H21N3O2. The van der Waals surface area contributed by atoms with Gasteiger partial charge in [0.15, 0.2) is 5.58 Å². The summed E-state index contributed by atoms with van der Waals surface area (Å²) < 4.78 is 5.09. The molecule has 1 aliphatic carbocycles. The molecule has 0 radical (unpaired) electrons. The van der Waals surface area contributed by atoms with Crippen LogP contribution in [-0.2, 0) is 0 Å². The fourth-order valence-electron chi connectivity index (χ4n) is 4.17. The number of fused-ring (bicyclic) bond motifs is 2. The van der Waals surface area contributed by atoms with E-state index in [1.54, 1.807) is 6.07 Å². The van der Waals surface area contributed by atoms with Crippen molar-refractivity contribution in [1.29, 1.82) is 0 Å². The van der Waals surface area contributed by atoms with Crippen molar-refractivity contribution in [3.05, 3.63) is 22.7 Å². The number of aromatic amines is 1. The first kappa shape index (κ1) is 12.8. The first-order valence-corrected chi connectivity index (χ1v) is 7.91. The fourth-order valence-corrected chi connectivity index (χ4v) is 4.17. The zero-order valence-corrected chi connectivity index (χ0v) is 12.1. The Labute approximate surface area is 123 Å². The molecule has 5 nitrogen and oxygen atoms in total. The zero-order valence-electron chi connectivity index (χ0n) is 12.1. The third-order valence-electron chi connectivity index (χ3n) is 5.12. The molecule has 0 amide bonds. The molecule has 2 fully saturated rings. The van der Waals surface area contributed by atoms with Crippen LogP contribution in [0.15, 0.2) is 21.3 Å². The monoisotopic (exact) mass is 287 g/mol. The highest BCUT2D eigenvalue weighted by Crippen LogP contribution is 2.40. The second-order valence-electron chi connectivity index (χ2n) is 6.37. The molecule has 1 saturated carbocycles. The van der Waals surface area contributed by atoms with E-state index in [1.165, 1.54) is 38.5 Å². The van der Waals surface area contributed by atoms with Crippen LogP contribution >= 0.6 is 0 Å². The van der Waals surface area contributed by atoms with E-state index in [0.29, 0.717) is 17.3 Å². The van der Waals surface area contributed by atoms with Crippen molar-refractivity contribution in [3.8, 4) is 0 Å². The van der Waals surface area contributed by atoms with Crippen molar-refractivity contribution in [2.45, 2.75) is 44.6 Å². The Kier molecular flexibility index (Phi) is 2.94. The number of rotatable bonds is 1. The van der Waals surface area contributed by atoms with Crippen LogP contribution in [0.3, 0.4) is 0 Å². The van der Waals surface area contributed by atoms with E-state index in [0.717, 1.165) is 23.7 Å². The third-order valence-corrected chi connectivity index (χ3v) is 5.12. The van der Waals surface area contributed by atoms with Crippen LogP contribution < -0.4 is 16.4 Å². The van der Waals surface area contributed by atoms with Gasteiger partial charge in [-0.2, -0.15) is 0 Å². The predicted octanol–water partition coefficient (Wildman–Crippen LogP) is 2.86. The van der Waals surface area contributed by atoms with Gasteiger partial charge in [0.2, 0.25) is 0 Å². The maximum Gasteiger partial charge on any atom is 0.417 e. The van der Waals surface area contributed by atoms with Crippen LogP contribution in [0, 0.1) is 5.92 Å². The standard InChI is InChI=1S/C16H21N3O2/c17-11-8-15-12(18-16(20)21-15)9-14(11)19-7-3-5-10-4-1-2-6-13(10)19/h8-10,13H,1-7,17H2,(H,18,20). The summed E-state index contributed by atoms with van der Waals surface area (Å²) in [6.45, 7) is 1.05. The smallest absolute Gasteiger partial charge is 0.408 e. The number of hydrogen-bond acceptors (Lipinski definition) is 4. The Morgan fingerprint density at radius 1 is 1.19 bits per heavy atom. The number of nitrogen functional groups attached to an aromatic ring is 1. The molecule has 112 valence electrons. The van der Waals surface area contributed by atoms with Crippen molar-refractivity contribution in [3.63, 3.8) is 0 Å². The average molecular weight is 287 g/mol. The largest absolute Gasteiger partial charge is 0.417 e. The van der Waals surface area contributed by atoms with Gasteiger partial charge >= 0.3 is 5.76 Å². The molecule has 1 aromatic carbocycles. The molecule has 2 heterocycles. The molecule has 0 bridgehead atoms. The van der Waals surface area contributed by atoms with Gasteiger partial charge < -0.3 is 15.1 Å². The summed E-state index contributed by atoms with van der Waals surface area (Å²) in [6.07, 6.45) is 7.82. The number of nitrogens with one attached hydrogen (secondary N) is 1. The number of nitrogens with two attached hydrogens (primary N) is 1. The van der Waals surface area contributed by atoms with Gasteiger partial charge in [-0.1, -0.05) is 12.8 Å². The van der Waals surface area contributed by atoms with Gasteiger partial charge in [0.05, 0.1) is 16.9 Å². The van der Waals surface area contributed by atoms with Crippen molar-refractivity contribution < 1.29 is 4.42 Å². The van der Waals surface area contributed by atoms with Crippen LogP contribution in [0.5, 0.6) is 0 Å². The minimum atomic E-state index is -0.421. The Bertz CT molecular complexity index is 716. The molecule has 1 aliphatic heterocycles. The third kappa shape index (κ3) is 2.11. The van der Waals surface area contributed by atoms with Gasteiger partial charge in [-0.3, -0.25) is 4.98 Å². The maximum absolute atomic E-state index is 11.3. The number of benzene rings is 1. The highest BCUT2D eigenvalue weighted by Gasteiger charge is 2.34. The fraction of sp³-hybridized carbons (Fsp3) is 0.562. The van der Waals surface area contributed by atoms with Crippen LogP contribution in [0.25, 0.3) is 11.1 Å². The summed E-state index contributed by atoms with van der Waals surface area (Å²) in [5.74, 6) is 0.377. The zero-order chi connectivity index (χ0) is 14.4. The number of anilines is 2. The second-order valence-corrected chi connectivity index (χ2v) is 6.37. The molecule has 3 N–H and O–H groups in total. The minimum absolute atomic E-state index is 0.421. The van der Waals surface area contributed by atoms with Crippen LogP contribution in [-0.4, -0.2) is 17.6 Å². The molecule has 4 rings (SSSR count). The lowest BCUT2D eigenvalue weighted by atomic mass is 9.78. The number of piperidine rings is 1. The van der Waals surface area contributed by atoms with E-state index in [9.17, 15) is 4.79 Å². The SMILES string of the molecule is Nc1cc2oc(=O)[nH]c2cc1N1CCCC2CCCCC21. The van der Waals surface area contributed by atoms with Gasteiger partial charge in [-0.15, -0.1) is 0 Å². The molecule has 5 heteroatoms. The minimum Gasteiger partial charge on any atom is -0.408 e. The first-order valence-electron chi connectivity index (χ1n) is 7.91. The molecular weight excluding hydrogens is 266 g/mol. The van der Waals surface area contributed by atoms with E-state index in [1.807, 2.05) is 6.07 Å². The summed E-state index contributed by atoms with van der Waals surface area (Å²) in [4.78, 5) is 16.5. The quantitative estimate of drug-likeness (QED) is 0.791. The lowest BCUT2D eigenvalue weighted by Crippen LogP contribution is -2.47. The second kappa shape index (κ2) is 4.83. The number of hydrogen-bond donors (Lipinski definition) is 2. The van der Waals surface area contributed by atoms with Gasteiger partial charge in [0, 0.05) is 18.7 Å². The van der Waals surface area contributed by atoms with Crippen LogP contribution in [0.4, 0.5) is 11.4 Å². The molecule has 2 aromatic rings. The Balaban J connectivity index is 1.77. The summed E-state index contributed by atoms with van der Waals surface area (Å²) in [5, 5.41) is 0. The number of aromatic nitrogens is 1. The predicted molar refractivity (Wildman–Crippen MR) is 83.6 cm³/mol. The first-order chi connectivity index (χ1) is 10.2.